The molecule has 4 heteroatoms. The molecule has 0 spiro atoms. The van der Waals surface area contributed by atoms with E-state index in [0.29, 0.717) is 6.04 Å². The highest BCUT2D eigenvalue weighted by atomic mass is 16.5. The molecule has 2 rings (SSSR count). The van der Waals surface area contributed by atoms with Crippen molar-refractivity contribution in [2.24, 2.45) is 5.92 Å². The molecule has 14 heavy (non-hydrogen) atoms. The van der Waals surface area contributed by atoms with Crippen LogP contribution in [0, 0.1) is 5.92 Å². The summed E-state index contributed by atoms with van der Waals surface area (Å²) in [5.74, 6) is 1.68. The second kappa shape index (κ2) is 4.55. The van der Waals surface area contributed by atoms with Crippen LogP contribution in [0.2, 0.25) is 0 Å². The minimum atomic E-state index is 0.705. The second-order valence-corrected chi connectivity index (χ2v) is 4.17. The van der Waals surface area contributed by atoms with Gasteiger partial charge in [-0.3, -0.25) is 0 Å². The molecule has 4 nitrogen and oxygen atoms in total. The summed E-state index contributed by atoms with van der Waals surface area (Å²) in [5.41, 5.74) is 0. The summed E-state index contributed by atoms with van der Waals surface area (Å²) in [6.45, 7) is 3.28. The maximum absolute atomic E-state index is 4.67. The quantitative estimate of drug-likeness (QED) is 0.788. The van der Waals surface area contributed by atoms with Crippen LogP contribution in [0.3, 0.4) is 0 Å². The van der Waals surface area contributed by atoms with Gasteiger partial charge in [-0.05, 0) is 25.2 Å². The smallest absolute Gasteiger partial charge is 0.213 e. The molecule has 1 N–H and O–H groups in total. The van der Waals surface area contributed by atoms with Crippen LogP contribution >= 0.6 is 0 Å². The first kappa shape index (κ1) is 9.65. The molecule has 0 amide bonds. The van der Waals surface area contributed by atoms with Gasteiger partial charge in [0.15, 0.2) is 5.82 Å². The molecule has 1 fully saturated rings. The fraction of sp³-hybridized carbons (Fsp3) is 0.800. The van der Waals surface area contributed by atoms with Crippen molar-refractivity contribution in [3.63, 3.8) is 0 Å². The van der Waals surface area contributed by atoms with Gasteiger partial charge in [0.1, 0.15) is 0 Å². The maximum Gasteiger partial charge on any atom is 0.213 e. The van der Waals surface area contributed by atoms with E-state index in [4.69, 9.17) is 0 Å². The van der Waals surface area contributed by atoms with Gasteiger partial charge in [-0.1, -0.05) is 12.1 Å². The predicted molar refractivity (Wildman–Crippen MR) is 52.8 cm³/mol. The summed E-state index contributed by atoms with van der Waals surface area (Å²) in [4.78, 5) is 3.98. The van der Waals surface area contributed by atoms with Gasteiger partial charge in [0, 0.05) is 19.0 Å². The summed E-state index contributed by atoms with van der Waals surface area (Å²) < 4.78 is 4.67. The van der Waals surface area contributed by atoms with Gasteiger partial charge in [-0.25, -0.2) is 0 Å². The Kier molecular flexibility index (Phi) is 3.14. The number of rotatable bonds is 4. The third kappa shape index (κ3) is 2.54. The van der Waals surface area contributed by atoms with Crippen LogP contribution in [-0.2, 0) is 6.42 Å². The van der Waals surface area contributed by atoms with Crippen molar-refractivity contribution in [1.29, 1.82) is 0 Å². The van der Waals surface area contributed by atoms with E-state index < -0.39 is 0 Å². The molecule has 1 aromatic rings. The first-order chi connectivity index (χ1) is 6.84. The highest BCUT2D eigenvalue weighted by Crippen LogP contribution is 2.24. The SMILES string of the molecule is CC1CCC(NCCc2ncon2)C1. The molecule has 78 valence electrons. The van der Waals surface area contributed by atoms with Gasteiger partial charge in [0.05, 0.1) is 0 Å². The minimum absolute atomic E-state index is 0.705. The standard InChI is InChI=1S/C10H17N3O/c1-8-2-3-9(6-8)11-5-4-10-12-7-14-13-10/h7-9,11H,2-6H2,1H3. The normalized spacial score (nSPS) is 26.9. The Balaban J connectivity index is 1.64. The molecule has 2 atom stereocenters. The van der Waals surface area contributed by atoms with E-state index in [0.717, 1.165) is 24.7 Å². The molecule has 0 aromatic carbocycles. The minimum Gasteiger partial charge on any atom is -0.343 e. The molecule has 1 heterocycles. The van der Waals surface area contributed by atoms with Crippen LogP contribution in [0.25, 0.3) is 0 Å². The third-order valence-corrected chi connectivity index (χ3v) is 2.88. The second-order valence-electron chi connectivity index (χ2n) is 4.17. The Labute approximate surface area is 84.1 Å². The molecule has 1 aromatic heterocycles. The number of hydrogen-bond donors (Lipinski definition) is 1. The van der Waals surface area contributed by atoms with Crippen molar-refractivity contribution in [2.75, 3.05) is 6.54 Å². The maximum atomic E-state index is 4.67. The molecular weight excluding hydrogens is 178 g/mol. The van der Waals surface area contributed by atoms with Crippen LogP contribution < -0.4 is 5.32 Å². The van der Waals surface area contributed by atoms with Crippen molar-refractivity contribution < 1.29 is 4.52 Å². The first-order valence-corrected chi connectivity index (χ1v) is 5.33. The molecule has 0 saturated heterocycles. The van der Waals surface area contributed by atoms with Gasteiger partial charge in [-0.15, -0.1) is 0 Å². The average Bonchev–Trinajstić information content (AvgIpc) is 2.77. The summed E-state index contributed by atoms with van der Waals surface area (Å²) in [6.07, 6.45) is 6.23. The Hall–Kier alpha value is -0.900. The molecule has 0 bridgehead atoms. The van der Waals surface area contributed by atoms with E-state index >= 15 is 0 Å². The Morgan fingerprint density at radius 1 is 1.57 bits per heavy atom. The topological polar surface area (TPSA) is 51.0 Å². The first-order valence-electron chi connectivity index (χ1n) is 5.33. The van der Waals surface area contributed by atoms with Crippen LogP contribution in [-0.4, -0.2) is 22.7 Å². The lowest BCUT2D eigenvalue weighted by molar-refractivity contribution is 0.407. The van der Waals surface area contributed by atoms with Crippen LogP contribution in [0.15, 0.2) is 10.9 Å². The summed E-state index contributed by atoms with van der Waals surface area (Å²) in [7, 11) is 0. The van der Waals surface area contributed by atoms with E-state index in [1.54, 1.807) is 0 Å². The van der Waals surface area contributed by atoms with Gasteiger partial charge in [-0.2, -0.15) is 4.98 Å². The van der Waals surface area contributed by atoms with Crippen molar-refractivity contribution in [3.8, 4) is 0 Å². The largest absolute Gasteiger partial charge is 0.343 e. The number of nitrogens with zero attached hydrogens (tertiary/aromatic N) is 2. The van der Waals surface area contributed by atoms with Crippen LogP contribution in [0.5, 0.6) is 0 Å². The molecule has 1 saturated carbocycles. The lowest BCUT2D eigenvalue weighted by Crippen LogP contribution is -2.28. The van der Waals surface area contributed by atoms with E-state index in [9.17, 15) is 0 Å². The van der Waals surface area contributed by atoms with Crippen LogP contribution in [0.4, 0.5) is 0 Å². The Morgan fingerprint density at radius 2 is 2.50 bits per heavy atom. The van der Waals surface area contributed by atoms with Gasteiger partial charge in [0.2, 0.25) is 6.39 Å². The van der Waals surface area contributed by atoms with Crippen molar-refractivity contribution in [2.45, 2.75) is 38.6 Å². The molecular formula is C10H17N3O. The van der Waals surface area contributed by atoms with E-state index in [1.165, 1.54) is 25.7 Å². The monoisotopic (exact) mass is 195 g/mol. The van der Waals surface area contributed by atoms with Crippen molar-refractivity contribution >= 4 is 0 Å². The van der Waals surface area contributed by atoms with E-state index in [2.05, 4.69) is 26.9 Å². The highest BCUT2D eigenvalue weighted by Gasteiger charge is 2.20. The zero-order valence-electron chi connectivity index (χ0n) is 8.57. The summed E-state index contributed by atoms with van der Waals surface area (Å²) in [6, 6.07) is 0.705. The number of hydrogen-bond acceptors (Lipinski definition) is 4. The average molecular weight is 195 g/mol. The molecule has 1 aliphatic carbocycles. The number of aromatic nitrogens is 2. The highest BCUT2D eigenvalue weighted by molar-refractivity contribution is 4.82. The zero-order chi connectivity index (χ0) is 9.80. The van der Waals surface area contributed by atoms with Crippen molar-refractivity contribution in [1.82, 2.24) is 15.5 Å². The van der Waals surface area contributed by atoms with E-state index in [-0.39, 0.29) is 0 Å². The molecule has 2 unspecified atom stereocenters. The van der Waals surface area contributed by atoms with Crippen LogP contribution in [0.1, 0.15) is 32.0 Å². The lowest BCUT2D eigenvalue weighted by Gasteiger charge is -2.10. The van der Waals surface area contributed by atoms with Crippen molar-refractivity contribution in [3.05, 3.63) is 12.2 Å². The van der Waals surface area contributed by atoms with E-state index in [1.807, 2.05) is 0 Å². The fourth-order valence-corrected chi connectivity index (χ4v) is 2.08. The fourth-order valence-electron chi connectivity index (χ4n) is 2.08. The zero-order valence-corrected chi connectivity index (χ0v) is 8.57. The summed E-state index contributed by atoms with van der Waals surface area (Å²) in [5, 5.41) is 7.30. The Morgan fingerprint density at radius 3 is 3.14 bits per heavy atom. The Bertz CT molecular complexity index is 260. The predicted octanol–water partition coefficient (Wildman–Crippen LogP) is 1.39. The van der Waals surface area contributed by atoms with Gasteiger partial charge in [0.25, 0.3) is 0 Å². The number of nitrogens with one attached hydrogen (secondary N) is 1. The van der Waals surface area contributed by atoms with Gasteiger partial charge >= 0.3 is 0 Å². The third-order valence-electron chi connectivity index (χ3n) is 2.88. The molecule has 1 aliphatic rings. The summed E-state index contributed by atoms with van der Waals surface area (Å²) >= 11 is 0. The lowest BCUT2D eigenvalue weighted by atomic mass is 10.1. The van der Waals surface area contributed by atoms with Gasteiger partial charge < -0.3 is 9.84 Å². The molecule has 0 aliphatic heterocycles. The molecule has 0 radical (unpaired) electrons.